The summed E-state index contributed by atoms with van der Waals surface area (Å²) in [7, 11) is 3.16. The van der Waals surface area contributed by atoms with Crippen LogP contribution in [0, 0.1) is 5.92 Å². The van der Waals surface area contributed by atoms with Crippen LogP contribution in [-0.4, -0.2) is 57.7 Å². The number of methoxy groups -OCH3 is 2. The number of urea groups is 1. The minimum Gasteiger partial charge on any atom is -0.497 e. The van der Waals surface area contributed by atoms with Gasteiger partial charge >= 0.3 is 6.03 Å². The zero-order valence-corrected chi connectivity index (χ0v) is 14.1. The molecule has 2 saturated heterocycles. The van der Waals surface area contributed by atoms with Crippen molar-refractivity contribution in [3.05, 3.63) is 18.2 Å². The molecule has 132 valence electrons. The molecule has 0 aromatic heterocycles. The van der Waals surface area contributed by atoms with Crippen LogP contribution in [0.1, 0.15) is 12.8 Å². The Morgan fingerprint density at radius 1 is 1.08 bits per heavy atom. The highest BCUT2D eigenvalue weighted by Gasteiger charge is 2.31. The number of hydrogen-bond donors (Lipinski definition) is 1. The van der Waals surface area contributed by atoms with Gasteiger partial charge in [0.05, 0.1) is 27.4 Å². The molecule has 0 spiro atoms. The van der Waals surface area contributed by atoms with Crippen molar-refractivity contribution in [2.24, 2.45) is 5.92 Å². The lowest BCUT2D eigenvalue weighted by atomic mass is 9.96. The zero-order valence-electron chi connectivity index (χ0n) is 14.1. The van der Waals surface area contributed by atoms with Gasteiger partial charge in [-0.3, -0.25) is 0 Å². The van der Waals surface area contributed by atoms with Crippen LogP contribution in [0.4, 0.5) is 10.5 Å². The second kappa shape index (κ2) is 7.72. The molecule has 3 rings (SSSR count). The van der Waals surface area contributed by atoms with Gasteiger partial charge in [0.15, 0.2) is 6.29 Å². The largest absolute Gasteiger partial charge is 0.497 e. The molecule has 7 nitrogen and oxygen atoms in total. The number of nitrogens with one attached hydrogen (secondary N) is 1. The van der Waals surface area contributed by atoms with Gasteiger partial charge in [-0.05, 0) is 12.8 Å². The van der Waals surface area contributed by atoms with Gasteiger partial charge in [0.1, 0.15) is 11.5 Å². The highest BCUT2D eigenvalue weighted by atomic mass is 16.7. The highest BCUT2D eigenvalue weighted by molar-refractivity contribution is 5.89. The summed E-state index contributed by atoms with van der Waals surface area (Å²) >= 11 is 0. The van der Waals surface area contributed by atoms with Gasteiger partial charge in [-0.1, -0.05) is 0 Å². The number of hydrogen-bond acceptors (Lipinski definition) is 5. The van der Waals surface area contributed by atoms with E-state index in [-0.39, 0.29) is 12.3 Å². The summed E-state index contributed by atoms with van der Waals surface area (Å²) in [6.45, 7) is 2.73. The number of nitrogens with zero attached hydrogens (tertiary/aromatic N) is 1. The van der Waals surface area contributed by atoms with Crippen molar-refractivity contribution < 1.29 is 23.7 Å². The standard InChI is InChI=1S/C17H24N2O5/c1-21-14-9-13(10-15(11-14)22-2)18-17(20)19-5-3-12(4-6-19)16-23-7-8-24-16/h9-12,16H,3-8H2,1-2H3,(H,18,20). The fraction of sp³-hybridized carbons (Fsp3) is 0.588. The van der Waals surface area contributed by atoms with Crippen molar-refractivity contribution in [1.82, 2.24) is 4.90 Å². The molecular formula is C17H24N2O5. The van der Waals surface area contributed by atoms with E-state index in [1.165, 1.54) is 0 Å². The van der Waals surface area contributed by atoms with Gasteiger partial charge in [0, 0.05) is 42.9 Å². The van der Waals surface area contributed by atoms with Gasteiger partial charge in [-0.2, -0.15) is 0 Å². The Bertz CT molecular complexity index is 544. The summed E-state index contributed by atoms with van der Waals surface area (Å²) in [6, 6.07) is 5.20. The molecule has 0 saturated carbocycles. The van der Waals surface area contributed by atoms with Crippen LogP contribution in [0.15, 0.2) is 18.2 Å². The van der Waals surface area contributed by atoms with E-state index in [2.05, 4.69) is 5.32 Å². The first kappa shape index (κ1) is 16.9. The number of likely N-dealkylation sites (tertiary alicyclic amines) is 1. The second-order valence-corrected chi connectivity index (χ2v) is 5.97. The van der Waals surface area contributed by atoms with Gasteiger partial charge < -0.3 is 29.2 Å². The lowest BCUT2D eigenvalue weighted by molar-refractivity contribution is -0.0950. The first-order valence-corrected chi connectivity index (χ1v) is 8.22. The van der Waals surface area contributed by atoms with E-state index in [1.54, 1.807) is 32.4 Å². The van der Waals surface area contributed by atoms with Crippen LogP contribution < -0.4 is 14.8 Å². The van der Waals surface area contributed by atoms with Gasteiger partial charge in [-0.15, -0.1) is 0 Å². The van der Waals surface area contributed by atoms with Crippen LogP contribution in [0.3, 0.4) is 0 Å². The molecule has 1 aromatic carbocycles. The fourth-order valence-electron chi connectivity index (χ4n) is 3.11. The average molecular weight is 336 g/mol. The SMILES string of the molecule is COc1cc(NC(=O)N2CCC(C3OCCO3)CC2)cc(OC)c1. The molecule has 2 amide bonds. The first-order chi connectivity index (χ1) is 11.7. The fourth-order valence-corrected chi connectivity index (χ4v) is 3.11. The Morgan fingerprint density at radius 2 is 1.67 bits per heavy atom. The van der Waals surface area contributed by atoms with Gasteiger partial charge in [0.2, 0.25) is 0 Å². The predicted molar refractivity (Wildman–Crippen MR) is 88.6 cm³/mol. The lowest BCUT2D eigenvalue weighted by Gasteiger charge is -2.33. The summed E-state index contributed by atoms with van der Waals surface area (Å²) in [5.74, 6) is 1.64. The second-order valence-electron chi connectivity index (χ2n) is 5.97. The van der Waals surface area contributed by atoms with E-state index in [1.807, 2.05) is 4.90 Å². The maximum Gasteiger partial charge on any atom is 0.321 e. The number of carbonyl (C=O) groups excluding carboxylic acids is 1. The van der Waals surface area contributed by atoms with Crippen molar-refractivity contribution in [1.29, 1.82) is 0 Å². The third-order valence-corrected chi connectivity index (χ3v) is 4.46. The summed E-state index contributed by atoms with van der Waals surface area (Å²) < 4.78 is 21.6. The number of anilines is 1. The molecule has 0 bridgehead atoms. The van der Waals surface area contributed by atoms with Crippen molar-refractivity contribution in [3.63, 3.8) is 0 Å². The van der Waals surface area contributed by atoms with E-state index in [0.29, 0.717) is 49.4 Å². The van der Waals surface area contributed by atoms with Gasteiger partial charge in [-0.25, -0.2) is 4.79 Å². The summed E-state index contributed by atoms with van der Waals surface area (Å²) in [5.41, 5.74) is 0.654. The Hall–Kier alpha value is -1.99. The lowest BCUT2D eigenvalue weighted by Crippen LogP contribution is -2.43. The van der Waals surface area contributed by atoms with Crippen LogP contribution >= 0.6 is 0 Å². The number of benzene rings is 1. The van der Waals surface area contributed by atoms with Crippen LogP contribution in [0.5, 0.6) is 11.5 Å². The van der Waals surface area contributed by atoms with Crippen LogP contribution in [0.2, 0.25) is 0 Å². The smallest absolute Gasteiger partial charge is 0.321 e. The summed E-state index contributed by atoms with van der Waals surface area (Å²) in [6.07, 6.45) is 1.68. The number of amides is 2. The van der Waals surface area contributed by atoms with Crippen molar-refractivity contribution in [2.75, 3.05) is 45.8 Å². The zero-order chi connectivity index (χ0) is 16.9. The van der Waals surface area contributed by atoms with Crippen molar-refractivity contribution >= 4 is 11.7 Å². The number of rotatable bonds is 4. The summed E-state index contributed by atoms with van der Waals surface area (Å²) in [4.78, 5) is 14.3. The molecule has 1 aromatic rings. The van der Waals surface area contributed by atoms with Crippen molar-refractivity contribution in [2.45, 2.75) is 19.1 Å². The molecule has 2 aliphatic heterocycles. The molecule has 0 radical (unpaired) electrons. The molecule has 2 fully saturated rings. The van der Waals surface area contributed by atoms with E-state index < -0.39 is 0 Å². The monoisotopic (exact) mass is 336 g/mol. The molecular weight excluding hydrogens is 312 g/mol. The molecule has 0 atom stereocenters. The molecule has 24 heavy (non-hydrogen) atoms. The Balaban J connectivity index is 1.56. The Kier molecular flexibility index (Phi) is 5.42. The third-order valence-electron chi connectivity index (χ3n) is 4.46. The molecule has 0 unspecified atom stereocenters. The average Bonchev–Trinajstić information content (AvgIpc) is 3.16. The minimum absolute atomic E-state index is 0.0992. The van der Waals surface area contributed by atoms with E-state index >= 15 is 0 Å². The van der Waals surface area contributed by atoms with E-state index in [9.17, 15) is 4.79 Å². The minimum atomic E-state index is -0.114. The third kappa shape index (κ3) is 3.91. The normalized spacial score (nSPS) is 19.3. The molecule has 2 heterocycles. The molecule has 0 aliphatic carbocycles. The quantitative estimate of drug-likeness (QED) is 0.914. The van der Waals surface area contributed by atoms with E-state index in [0.717, 1.165) is 12.8 Å². The number of carbonyl (C=O) groups is 1. The molecule has 2 aliphatic rings. The number of ether oxygens (including phenoxy) is 4. The maximum atomic E-state index is 12.5. The first-order valence-electron chi connectivity index (χ1n) is 8.22. The molecule has 1 N–H and O–H groups in total. The maximum absolute atomic E-state index is 12.5. The topological polar surface area (TPSA) is 69.3 Å². The van der Waals surface area contributed by atoms with Gasteiger partial charge in [0.25, 0.3) is 0 Å². The van der Waals surface area contributed by atoms with Crippen molar-refractivity contribution in [3.8, 4) is 11.5 Å². The highest BCUT2D eigenvalue weighted by Crippen LogP contribution is 2.28. The Morgan fingerprint density at radius 3 is 2.21 bits per heavy atom. The molecule has 7 heteroatoms. The number of piperidine rings is 1. The van der Waals surface area contributed by atoms with Crippen LogP contribution in [-0.2, 0) is 9.47 Å². The van der Waals surface area contributed by atoms with E-state index in [4.69, 9.17) is 18.9 Å². The summed E-state index contributed by atoms with van der Waals surface area (Å²) in [5, 5.41) is 2.91. The predicted octanol–water partition coefficient (Wildman–Crippen LogP) is 2.32. The Labute approximate surface area is 141 Å². The van der Waals surface area contributed by atoms with Crippen LogP contribution in [0.25, 0.3) is 0 Å².